The van der Waals surface area contributed by atoms with Crippen LogP contribution >= 0.6 is 11.6 Å². The molecule has 1 rings (SSSR count). The van der Waals surface area contributed by atoms with Crippen molar-refractivity contribution in [3.63, 3.8) is 0 Å². The van der Waals surface area contributed by atoms with Crippen LogP contribution in [0.4, 0.5) is 5.82 Å². The van der Waals surface area contributed by atoms with E-state index < -0.39 is 0 Å². The Labute approximate surface area is 99.8 Å². The van der Waals surface area contributed by atoms with E-state index in [4.69, 9.17) is 11.6 Å². The zero-order valence-corrected chi connectivity index (χ0v) is 10.3. The molecule has 88 valence electrons. The Hall–Kier alpha value is -1.36. The highest BCUT2D eigenvalue weighted by Gasteiger charge is 2.16. The van der Waals surface area contributed by atoms with Crippen molar-refractivity contribution in [1.82, 2.24) is 15.1 Å². The van der Waals surface area contributed by atoms with Crippen LogP contribution in [0.25, 0.3) is 0 Å². The fourth-order valence-corrected chi connectivity index (χ4v) is 1.26. The lowest BCUT2D eigenvalue weighted by atomic mass is 10.3. The van der Waals surface area contributed by atoms with Crippen LogP contribution in [0.2, 0.25) is 5.15 Å². The molecule has 1 atom stereocenters. The second-order valence-corrected chi connectivity index (χ2v) is 3.85. The van der Waals surface area contributed by atoms with Crippen molar-refractivity contribution in [2.75, 3.05) is 18.9 Å². The Morgan fingerprint density at radius 1 is 1.56 bits per heavy atom. The summed E-state index contributed by atoms with van der Waals surface area (Å²) in [6.07, 6.45) is 0. The first-order valence-electron chi connectivity index (χ1n) is 5.05. The van der Waals surface area contributed by atoms with Crippen molar-refractivity contribution in [3.8, 4) is 0 Å². The lowest BCUT2D eigenvalue weighted by molar-refractivity contribution is -0.130. The van der Waals surface area contributed by atoms with Crippen LogP contribution in [0.3, 0.4) is 0 Å². The molecule has 1 heterocycles. The molecule has 1 aromatic heterocycles. The number of hydrogen-bond acceptors (Lipinski definition) is 4. The molecule has 0 spiro atoms. The number of nitrogens with one attached hydrogen (secondary N) is 1. The van der Waals surface area contributed by atoms with E-state index in [9.17, 15) is 4.79 Å². The normalized spacial score (nSPS) is 12.0. The summed E-state index contributed by atoms with van der Waals surface area (Å²) in [6.45, 7) is 4.38. The predicted octanol–water partition coefficient (Wildman–Crippen LogP) is 1.41. The zero-order chi connectivity index (χ0) is 12.1. The summed E-state index contributed by atoms with van der Waals surface area (Å²) >= 11 is 5.61. The maximum Gasteiger partial charge on any atom is 0.244 e. The molecular weight excluding hydrogens is 228 g/mol. The average Bonchev–Trinajstić information content (AvgIpc) is 2.30. The summed E-state index contributed by atoms with van der Waals surface area (Å²) in [4.78, 5) is 13.4. The summed E-state index contributed by atoms with van der Waals surface area (Å²) in [6, 6.07) is 2.98. The lowest BCUT2D eigenvalue weighted by Crippen LogP contribution is -2.39. The number of anilines is 1. The van der Waals surface area contributed by atoms with Gasteiger partial charge < -0.3 is 10.2 Å². The van der Waals surface area contributed by atoms with Gasteiger partial charge in [-0.15, -0.1) is 10.2 Å². The molecule has 0 saturated carbocycles. The van der Waals surface area contributed by atoms with Gasteiger partial charge >= 0.3 is 0 Å². The first-order chi connectivity index (χ1) is 7.54. The van der Waals surface area contributed by atoms with Crippen LogP contribution < -0.4 is 5.32 Å². The lowest BCUT2D eigenvalue weighted by Gasteiger charge is -2.20. The minimum Gasteiger partial charge on any atom is -0.357 e. The van der Waals surface area contributed by atoms with Crippen LogP contribution in [0.15, 0.2) is 12.1 Å². The van der Waals surface area contributed by atoms with Gasteiger partial charge in [-0.1, -0.05) is 11.6 Å². The second-order valence-electron chi connectivity index (χ2n) is 3.46. The number of aromatic nitrogens is 2. The SMILES string of the molecule is CCN(C)C(=O)C(C)Nc1ccc(Cl)nn1. The Bertz CT molecular complexity index is 354. The Balaban J connectivity index is 2.60. The molecular formula is C10H15ClN4O. The molecule has 0 aliphatic rings. The second kappa shape index (κ2) is 5.65. The first kappa shape index (κ1) is 12.7. The van der Waals surface area contributed by atoms with Gasteiger partial charge in [0, 0.05) is 13.6 Å². The van der Waals surface area contributed by atoms with Crippen molar-refractivity contribution in [1.29, 1.82) is 0 Å². The quantitative estimate of drug-likeness (QED) is 0.867. The summed E-state index contributed by atoms with van der Waals surface area (Å²) in [5, 5.41) is 10.8. The fourth-order valence-electron chi connectivity index (χ4n) is 1.16. The van der Waals surface area contributed by atoms with Crippen LogP contribution in [0.5, 0.6) is 0 Å². The third-order valence-electron chi connectivity index (χ3n) is 2.22. The van der Waals surface area contributed by atoms with Crippen LogP contribution in [-0.4, -0.2) is 40.6 Å². The summed E-state index contributed by atoms with van der Waals surface area (Å²) in [5.74, 6) is 0.550. The van der Waals surface area contributed by atoms with Gasteiger partial charge in [0.25, 0.3) is 0 Å². The van der Waals surface area contributed by atoms with Gasteiger partial charge in [-0.2, -0.15) is 0 Å². The molecule has 0 aliphatic carbocycles. The molecule has 0 saturated heterocycles. The number of likely N-dealkylation sites (N-methyl/N-ethyl adjacent to an activating group) is 1. The topological polar surface area (TPSA) is 58.1 Å². The van der Waals surface area contributed by atoms with Gasteiger partial charge in [0.1, 0.15) is 11.9 Å². The third kappa shape index (κ3) is 3.34. The van der Waals surface area contributed by atoms with E-state index in [-0.39, 0.29) is 11.9 Å². The molecule has 1 N–H and O–H groups in total. The predicted molar refractivity (Wildman–Crippen MR) is 63.4 cm³/mol. The van der Waals surface area contributed by atoms with Crippen molar-refractivity contribution in [3.05, 3.63) is 17.3 Å². The molecule has 1 aromatic rings. The number of rotatable bonds is 4. The molecule has 0 radical (unpaired) electrons. The summed E-state index contributed by atoms with van der Waals surface area (Å²) in [7, 11) is 1.76. The van der Waals surface area contributed by atoms with Gasteiger partial charge in [0.2, 0.25) is 5.91 Å². The molecule has 6 heteroatoms. The zero-order valence-electron chi connectivity index (χ0n) is 9.57. The largest absolute Gasteiger partial charge is 0.357 e. The third-order valence-corrected chi connectivity index (χ3v) is 2.42. The average molecular weight is 243 g/mol. The smallest absolute Gasteiger partial charge is 0.244 e. The number of halogens is 1. The highest BCUT2D eigenvalue weighted by atomic mass is 35.5. The van der Waals surface area contributed by atoms with E-state index >= 15 is 0 Å². The van der Waals surface area contributed by atoms with E-state index in [0.717, 1.165) is 0 Å². The van der Waals surface area contributed by atoms with Crippen molar-refractivity contribution in [2.24, 2.45) is 0 Å². The van der Waals surface area contributed by atoms with E-state index in [1.54, 1.807) is 31.0 Å². The Morgan fingerprint density at radius 2 is 2.25 bits per heavy atom. The van der Waals surface area contributed by atoms with Crippen molar-refractivity contribution >= 4 is 23.3 Å². The van der Waals surface area contributed by atoms with Crippen molar-refractivity contribution in [2.45, 2.75) is 19.9 Å². The number of amides is 1. The Morgan fingerprint density at radius 3 is 2.75 bits per heavy atom. The van der Waals surface area contributed by atoms with Crippen LogP contribution in [0, 0.1) is 0 Å². The van der Waals surface area contributed by atoms with E-state index in [0.29, 0.717) is 17.5 Å². The molecule has 1 amide bonds. The molecule has 1 unspecified atom stereocenters. The van der Waals surface area contributed by atoms with E-state index in [1.807, 2.05) is 6.92 Å². The van der Waals surface area contributed by atoms with Gasteiger partial charge in [-0.3, -0.25) is 4.79 Å². The summed E-state index contributed by atoms with van der Waals surface area (Å²) in [5.41, 5.74) is 0. The maximum absolute atomic E-state index is 11.7. The number of hydrogen-bond donors (Lipinski definition) is 1. The first-order valence-corrected chi connectivity index (χ1v) is 5.43. The molecule has 5 nitrogen and oxygen atoms in total. The van der Waals surface area contributed by atoms with Crippen molar-refractivity contribution < 1.29 is 4.79 Å². The highest BCUT2D eigenvalue weighted by molar-refractivity contribution is 6.29. The van der Waals surface area contributed by atoms with Gasteiger partial charge in [0.15, 0.2) is 5.15 Å². The monoisotopic (exact) mass is 242 g/mol. The molecule has 0 aliphatic heterocycles. The van der Waals surface area contributed by atoms with E-state index in [1.165, 1.54) is 0 Å². The van der Waals surface area contributed by atoms with Gasteiger partial charge in [0.05, 0.1) is 0 Å². The maximum atomic E-state index is 11.7. The molecule has 0 fully saturated rings. The van der Waals surface area contributed by atoms with Gasteiger partial charge in [-0.25, -0.2) is 0 Å². The number of carbonyl (C=O) groups excluding carboxylic acids is 1. The minimum absolute atomic E-state index is 0.0132. The molecule has 0 bridgehead atoms. The standard InChI is InChI=1S/C10H15ClN4O/c1-4-15(3)10(16)7(2)12-9-6-5-8(11)13-14-9/h5-7H,4H2,1-3H3,(H,12,14). The summed E-state index contributed by atoms with van der Waals surface area (Å²) < 4.78 is 0. The highest BCUT2D eigenvalue weighted by Crippen LogP contribution is 2.08. The Kier molecular flexibility index (Phi) is 4.49. The fraction of sp³-hybridized carbons (Fsp3) is 0.500. The van der Waals surface area contributed by atoms with E-state index in [2.05, 4.69) is 15.5 Å². The number of carbonyl (C=O) groups is 1. The molecule has 0 aromatic carbocycles. The van der Waals surface area contributed by atoms with Gasteiger partial charge in [-0.05, 0) is 26.0 Å². The van der Waals surface area contributed by atoms with Crippen LogP contribution in [-0.2, 0) is 4.79 Å². The molecule has 16 heavy (non-hydrogen) atoms. The minimum atomic E-state index is -0.333. The number of nitrogens with zero attached hydrogens (tertiary/aromatic N) is 3. The van der Waals surface area contributed by atoms with Crippen LogP contribution in [0.1, 0.15) is 13.8 Å².